The molecular weight excluding hydrogens is 382 g/mol. The van der Waals surface area contributed by atoms with Gasteiger partial charge in [0, 0.05) is 45.5 Å². The van der Waals surface area contributed by atoms with Gasteiger partial charge in [-0.3, -0.25) is 9.69 Å². The van der Waals surface area contributed by atoms with Crippen LogP contribution in [0.5, 0.6) is 0 Å². The maximum atomic E-state index is 12.6. The SMILES string of the molecule is O=C(CN1CCN(S(=O)(=O)N2CCOCC2)CC1)Nc1ccc(Cl)cn1. The highest BCUT2D eigenvalue weighted by atomic mass is 35.5. The molecule has 2 aliphatic rings. The minimum atomic E-state index is -3.45. The van der Waals surface area contributed by atoms with Crippen LogP contribution in [0.3, 0.4) is 0 Å². The van der Waals surface area contributed by atoms with Gasteiger partial charge >= 0.3 is 0 Å². The van der Waals surface area contributed by atoms with Gasteiger partial charge in [-0.05, 0) is 12.1 Å². The van der Waals surface area contributed by atoms with Gasteiger partial charge in [0.25, 0.3) is 10.2 Å². The topological polar surface area (TPSA) is 95.1 Å². The first-order valence-corrected chi connectivity index (χ1v) is 10.2. The summed E-state index contributed by atoms with van der Waals surface area (Å²) < 4.78 is 33.4. The Morgan fingerprint density at radius 3 is 2.38 bits per heavy atom. The molecule has 1 aromatic rings. The van der Waals surface area contributed by atoms with Gasteiger partial charge in [-0.1, -0.05) is 11.6 Å². The lowest BCUT2D eigenvalue weighted by Gasteiger charge is -2.37. The van der Waals surface area contributed by atoms with E-state index in [9.17, 15) is 13.2 Å². The number of hydrogen-bond donors (Lipinski definition) is 1. The second kappa shape index (κ2) is 8.59. The number of halogens is 1. The van der Waals surface area contributed by atoms with Crippen LogP contribution < -0.4 is 5.32 Å². The van der Waals surface area contributed by atoms with Crippen LogP contribution in [0.25, 0.3) is 0 Å². The zero-order valence-electron chi connectivity index (χ0n) is 14.3. The van der Waals surface area contributed by atoms with Crippen molar-refractivity contribution in [3.63, 3.8) is 0 Å². The summed E-state index contributed by atoms with van der Waals surface area (Å²) in [4.78, 5) is 18.1. The van der Waals surface area contributed by atoms with Crippen molar-refractivity contribution in [2.75, 3.05) is 64.3 Å². The molecule has 0 atom stereocenters. The molecule has 1 aromatic heterocycles. The number of nitrogens with zero attached hydrogens (tertiary/aromatic N) is 4. The molecule has 2 saturated heterocycles. The number of carbonyl (C=O) groups excluding carboxylic acids is 1. The molecule has 2 aliphatic heterocycles. The van der Waals surface area contributed by atoms with E-state index in [1.165, 1.54) is 14.8 Å². The molecule has 3 heterocycles. The summed E-state index contributed by atoms with van der Waals surface area (Å²) in [6.07, 6.45) is 1.46. The number of anilines is 1. The summed E-state index contributed by atoms with van der Waals surface area (Å²) in [7, 11) is -3.45. The zero-order valence-corrected chi connectivity index (χ0v) is 15.9. The maximum absolute atomic E-state index is 12.6. The van der Waals surface area contributed by atoms with Gasteiger partial charge in [0.05, 0.1) is 24.8 Å². The normalized spacial score (nSPS) is 20.8. The van der Waals surface area contributed by atoms with Crippen LogP contribution in [0, 0.1) is 0 Å². The molecule has 3 rings (SSSR count). The van der Waals surface area contributed by atoms with Crippen molar-refractivity contribution in [1.82, 2.24) is 18.5 Å². The molecular formula is C15H22ClN5O4S. The molecule has 1 amide bonds. The van der Waals surface area contributed by atoms with Gasteiger partial charge < -0.3 is 10.1 Å². The highest BCUT2D eigenvalue weighted by Crippen LogP contribution is 2.14. The number of aromatic nitrogens is 1. The number of rotatable bonds is 5. The van der Waals surface area contributed by atoms with Crippen molar-refractivity contribution in [3.05, 3.63) is 23.4 Å². The third-order valence-electron chi connectivity index (χ3n) is 4.32. The van der Waals surface area contributed by atoms with Crippen LogP contribution in [0.2, 0.25) is 5.02 Å². The lowest BCUT2D eigenvalue weighted by molar-refractivity contribution is -0.117. The summed E-state index contributed by atoms with van der Waals surface area (Å²) in [5.74, 6) is 0.247. The highest BCUT2D eigenvalue weighted by Gasteiger charge is 2.33. The smallest absolute Gasteiger partial charge is 0.282 e. The average Bonchev–Trinajstić information content (AvgIpc) is 2.65. The third kappa shape index (κ3) is 4.90. The van der Waals surface area contributed by atoms with E-state index in [2.05, 4.69) is 10.3 Å². The second-order valence-corrected chi connectivity index (χ2v) is 8.47. The number of nitrogens with one attached hydrogen (secondary N) is 1. The standard InChI is InChI=1S/C15H22ClN5O4S/c16-13-1-2-14(17-11-13)18-15(22)12-19-3-5-20(6-4-19)26(23,24)21-7-9-25-10-8-21/h1-2,11H,3-10,12H2,(H,17,18,22). The van der Waals surface area contributed by atoms with E-state index in [4.69, 9.17) is 16.3 Å². The van der Waals surface area contributed by atoms with Crippen LogP contribution in [0.4, 0.5) is 5.82 Å². The lowest BCUT2D eigenvalue weighted by atomic mass is 10.3. The Balaban J connectivity index is 1.47. The molecule has 0 radical (unpaired) electrons. The molecule has 0 saturated carbocycles. The number of pyridine rings is 1. The van der Waals surface area contributed by atoms with Crippen molar-refractivity contribution in [3.8, 4) is 0 Å². The Kier molecular flexibility index (Phi) is 6.43. The Morgan fingerprint density at radius 2 is 1.77 bits per heavy atom. The quantitative estimate of drug-likeness (QED) is 0.735. The van der Waals surface area contributed by atoms with Gasteiger partial charge in [-0.15, -0.1) is 0 Å². The van der Waals surface area contributed by atoms with Crippen LogP contribution >= 0.6 is 11.6 Å². The summed E-state index contributed by atoms with van der Waals surface area (Å²) in [6, 6.07) is 3.28. The Labute approximate surface area is 158 Å². The van der Waals surface area contributed by atoms with E-state index in [1.54, 1.807) is 12.1 Å². The van der Waals surface area contributed by atoms with Gasteiger partial charge in [0.15, 0.2) is 0 Å². The molecule has 1 N–H and O–H groups in total. The molecule has 0 aromatic carbocycles. The zero-order chi connectivity index (χ0) is 18.6. The van der Waals surface area contributed by atoms with Gasteiger partial charge in [0.2, 0.25) is 5.91 Å². The lowest BCUT2D eigenvalue weighted by Crippen LogP contribution is -2.55. The first kappa shape index (κ1) is 19.5. The molecule has 26 heavy (non-hydrogen) atoms. The molecule has 0 aliphatic carbocycles. The highest BCUT2D eigenvalue weighted by molar-refractivity contribution is 7.86. The fourth-order valence-electron chi connectivity index (χ4n) is 2.89. The largest absolute Gasteiger partial charge is 0.379 e. The molecule has 9 nitrogen and oxygen atoms in total. The number of hydrogen-bond acceptors (Lipinski definition) is 6. The van der Waals surface area contributed by atoms with Crippen LogP contribution in [-0.4, -0.2) is 91.8 Å². The van der Waals surface area contributed by atoms with Crippen LogP contribution in [0.15, 0.2) is 18.3 Å². The Bertz CT molecular complexity index is 716. The van der Waals surface area contributed by atoms with Crippen molar-refractivity contribution < 1.29 is 17.9 Å². The molecule has 144 valence electrons. The fourth-order valence-corrected chi connectivity index (χ4v) is 4.57. The number of carbonyl (C=O) groups is 1. The average molecular weight is 404 g/mol. The molecule has 2 fully saturated rings. The maximum Gasteiger partial charge on any atom is 0.282 e. The van der Waals surface area contributed by atoms with Crippen LogP contribution in [0.1, 0.15) is 0 Å². The molecule has 11 heteroatoms. The van der Waals surface area contributed by atoms with Gasteiger partial charge in [-0.25, -0.2) is 4.98 Å². The van der Waals surface area contributed by atoms with Crippen molar-refractivity contribution in [1.29, 1.82) is 0 Å². The number of piperazine rings is 1. The Hall–Kier alpha value is -1.30. The first-order valence-electron chi connectivity index (χ1n) is 8.42. The summed E-state index contributed by atoms with van der Waals surface area (Å²) in [5.41, 5.74) is 0. The van der Waals surface area contributed by atoms with Crippen molar-refractivity contribution >= 4 is 33.5 Å². The Morgan fingerprint density at radius 1 is 1.12 bits per heavy atom. The minimum Gasteiger partial charge on any atom is -0.379 e. The van der Waals surface area contributed by atoms with E-state index < -0.39 is 10.2 Å². The fraction of sp³-hybridized carbons (Fsp3) is 0.600. The predicted octanol–water partition coefficient (Wildman–Crippen LogP) is -0.132. The van der Waals surface area contributed by atoms with E-state index in [0.717, 1.165) is 0 Å². The third-order valence-corrected chi connectivity index (χ3v) is 6.58. The minimum absolute atomic E-state index is 0.190. The molecule has 0 unspecified atom stereocenters. The van der Waals surface area contributed by atoms with Crippen molar-refractivity contribution in [2.24, 2.45) is 0 Å². The van der Waals surface area contributed by atoms with E-state index in [0.29, 0.717) is 63.3 Å². The number of morpholine rings is 1. The molecule has 0 bridgehead atoms. The predicted molar refractivity (Wildman–Crippen MR) is 97.2 cm³/mol. The first-order chi connectivity index (χ1) is 12.4. The number of ether oxygens (including phenoxy) is 1. The monoisotopic (exact) mass is 403 g/mol. The van der Waals surface area contributed by atoms with Crippen LogP contribution in [-0.2, 0) is 19.7 Å². The van der Waals surface area contributed by atoms with Crippen molar-refractivity contribution in [2.45, 2.75) is 0 Å². The summed E-state index contributed by atoms with van der Waals surface area (Å²) in [6.45, 7) is 3.57. The van der Waals surface area contributed by atoms with E-state index >= 15 is 0 Å². The summed E-state index contributed by atoms with van der Waals surface area (Å²) >= 11 is 5.76. The van der Waals surface area contributed by atoms with E-state index in [1.807, 2.05) is 4.90 Å². The second-order valence-electron chi connectivity index (χ2n) is 6.10. The van der Waals surface area contributed by atoms with Gasteiger partial charge in [0.1, 0.15) is 5.82 Å². The molecule has 0 spiro atoms. The number of amides is 1. The van der Waals surface area contributed by atoms with Gasteiger partial charge in [-0.2, -0.15) is 17.0 Å². The summed E-state index contributed by atoms with van der Waals surface area (Å²) in [5, 5.41) is 3.21. The van der Waals surface area contributed by atoms with E-state index in [-0.39, 0.29) is 12.5 Å².